The lowest BCUT2D eigenvalue weighted by Gasteiger charge is -2.38. The van der Waals surface area contributed by atoms with Gasteiger partial charge in [-0.2, -0.15) is 0 Å². The van der Waals surface area contributed by atoms with Crippen LogP contribution in [0.1, 0.15) is 45.5 Å². The van der Waals surface area contributed by atoms with E-state index in [9.17, 15) is 0 Å². The van der Waals surface area contributed by atoms with Gasteiger partial charge < -0.3 is 33.2 Å². The number of methoxy groups -OCH3 is 5. The van der Waals surface area contributed by atoms with Gasteiger partial charge in [0.15, 0.2) is 34.5 Å². The van der Waals surface area contributed by atoms with Crippen molar-refractivity contribution >= 4 is 0 Å². The number of benzene rings is 4. The van der Waals surface area contributed by atoms with Gasteiger partial charge in [0.2, 0.25) is 11.5 Å². The van der Waals surface area contributed by atoms with Crippen LogP contribution in [0.5, 0.6) is 51.7 Å². The fourth-order valence-electron chi connectivity index (χ4n) is 7.56. The standard InChI is InChI=1S/C39H44N2O7/c1-40-17-15-27-28-22-34(44-5)37(45-6)36(27)48-39-35-25(21-33(43-4)38(39)46-7)14-16-41(2)30(35)19-24-10-13-31(42-3)32(20-24)47-26-11-8-23(9-12-26)18-29(28)40/h8-13,20-22,29-30H,14-19H2,1-7H3/t29-,30?/m0/s1. The van der Waals surface area contributed by atoms with Crippen molar-refractivity contribution in [3.63, 3.8) is 0 Å². The smallest absolute Gasteiger partial charge is 0.204 e. The third-order valence-electron chi connectivity index (χ3n) is 10.2. The third-order valence-corrected chi connectivity index (χ3v) is 10.2. The Balaban J connectivity index is 1.51. The predicted octanol–water partition coefficient (Wildman–Crippen LogP) is 7.17. The number of likely N-dealkylation sites (N-methyl/N-ethyl adjacent to an activating group) is 2. The quantitative estimate of drug-likeness (QED) is 0.223. The molecule has 2 atom stereocenters. The van der Waals surface area contributed by atoms with Crippen LogP contribution in [-0.2, 0) is 25.7 Å². The van der Waals surface area contributed by atoms with Gasteiger partial charge in [-0.1, -0.05) is 18.2 Å². The fraction of sp³-hybridized carbons (Fsp3) is 0.385. The Kier molecular flexibility index (Phi) is 8.74. The average molecular weight is 653 g/mol. The van der Waals surface area contributed by atoms with Crippen LogP contribution >= 0.6 is 0 Å². The van der Waals surface area contributed by atoms with Crippen LogP contribution in [0, 0.1) is 0 Å². The Morgan fingerprint density at radius 3 is 1.94 bits per heavy atom. The van der Waals surface area contributed by atoms with Crippen molar-refractivity contribution in [2.24, 2.45) is 0 Å². The second-order valence-electron chi connectivity index (χ2n) is 12.8. The molecule has 0 aliphatic carbocycles. The molecule has 0 spiro atoms. The van der Waals surface area contributed by atoms with Gasteiger partial charge in [-0.25, -0.2) is 0 Å². The molecule has 8 rings (SSSR count). The third kappa shape index (κ3) is 5.54. The Bertz CT molecular complexity index is 1820. The molecule has 4 aliphatic heterocycles. The van der Waals surface area contributed by atoms with Crippen LogP contribution < -0.4 is 33.2 Å². The van der Waals surface area contributed by atoms with E-state index in [1.807, 2.05) is 18.2 Å². The van der Waals surface area contributed by atoms with Crippen molar-refractivity contribution in [1.82, 2.24) is 9.80 Å². The first-order chi connectivity index (χ1) is 23.4. The maximum absolute atomic E-state index is 7.22. The predicted molar refractivity (Wildman–Crippen MR) is 184 cm³/mol. The van der Waals surface area contributed by atoms with Gasteiger partial charge in [0.25, 0.3) is 0 Å². The molecule has 0 saturated carbocycles. The normalized spacial score (nSPS) is 18.8. The van der Waals surface area contributed by atoms with Crippen molar-refractivity contribution in [2.45, 2.75) is 37.8 Å². The molecule has 0 radical (unpaired) electrons. The van der Waals surface area contributed by atoms with Gasteiger partial charge >= 0.3 is 0 Å². The van der Waals surface area contributed by atoms with E-state index >= 15 is 0 Å². The first-order valence-electron chi connectivity index (χ1n) is 16.4. The molecule has 8 bridgehead atoms. The molecule has 4 heterocycles. The van der Waals surface area contributed by atoms with E-state index in [4.69, 9.17) is 33.2 Å². The molecule has 9 nitrogen and oxygen atoms in total. The minimum Gasteiger partial charge on any atom is -0.493 e. The summed E-state index contributed by atoms with van der Waals surface area (Å²) in [6, 6.07) is 18.8. The van der Waals surface area contributed by atoms with E-state index in [-0.39, 0.29) is 12.1 Å². The van der Waals surface area contributed by atoms with E-state index in [1.54, 1.807) is 35.5 Å². The van der Waals surface area contributed by atoms with Crippen LogP contribution in [0.25, 0.3) is 0 Å². The molecule has 1 unspecified atom stereocenters. The Hall–Kier alpha value is -4.60. The van der Waals surface area contributed by atoms with E-state index in [0.717, 1.165) is 65.9 Å². The first-order valence-corrected chi connectivity index (χ1v) is 16.4. The molecular formula is C39H44N2O7. The largest absolute Gasteiger partial charge is 0.493 e. The average Bonchev–Trinajstić information content (AvgIpc) is 3.10. The summed E-state index contributed by atoms with van der Waals surface area (Å²) in [4.78, 5) is 4.78. The molecule has 252 valence electrons. The second kappa shape index (κ2) is 13.1. The van der Waals surface area contributed by atoms with Crippen LogP contribution in [0.3, 0.4) is 0 Å². The van der Waals surface area contributed by atoms with Gasteiger partial charge in [-0.3, -0.25) is 9.80 Å². The van der Waals surface area contributed by atoms with E-state index in [2.05, 4.69) is 60.3 Å². The van der Waals surface area contributed by atoms with Crippen molar-refractivity contribution in [3.05, 3.63) is 88.0 Å². The van der Waals surface area contributed by atoms with Crippen molar-refractivity contribution in [2.75, 3.05) is 62.7 Å². The molecule has 4 aromatic carbocycles. The summed E-state index contributed by atoms with van der Waals surface area (Å²) >= 11 is 0. The minimum atomic E-state index is -0.0331. The zero-order valence-corrected chi connectivity index (χ0v) is 28.8. The molecule has 9 heteroatoms. The lowest BCUT2D eigenvalue weighted by molar-refractivity contribution is 0.217. The number of nitrogens with zero attached hydrogens (tertiary/aromatic N) is 2. The number of hydrogen-bond acceptors (Lipinski definition) is 9. The highest BCUT2D eigenvalue weighted by Crippen LogP contribution is 2.54. The summed E-state index contributed by atoms with van der Waals surface area (Å²) in [6.45, 7) is 1.74. The molecule has 0 saturated heterocycles. The highest BCUT2D eigenvalue weighted by molar-refractivity contribution is 5.67. The summed E-state index contributed by atoms with van der Waals surface area (Å²) in [5.41, 5.74) is 6.80. The van der Waals surface area contributed by atoms with Crippen LogP contribution in [0.15, 0.2) is 54.6 Å². The summed E-state index contributed by atoms with van der Waals surface area (Å²) < 4.78 is 43.5. The molecule has 0 fully saturated rings. The Morgan fingerprint density at radius 1 is 0.604 bits per heavy atom. The molecular weight excluding hydrogens is 608 g/mol. The van der Waals surface area contributed by atoms with E-state index in [0.29, 0.717) is 52.4 Å². The monoisotopic (exact) mass is 652 g/mol. The number of fused-ring (bicyclic) bond motifs is 2. The summed E-state index contributed by atoms with van der Waals surface area (Å²) in [6.07, 6.45) is 3.13. The molecule has 0 amide bonds. The SMILES string of the molecule is COc1ccc2cc1Oc1ccc(cc1)C[C@H]1c3cc(OC)c(OC)c(c3CCN1C)Oc1c(OC)c(OC)cc3c1C(C2)N(C)CC3. The van der Waals surface area contributed by atoms with Gasteiger partial charge in [0, 0.05) is 36.3 Å². The molecule has 48 heavy (non-hydrogen) atoms. The van der Waals surface area contributed by atoms with E-state index < -0.39 is 0 Å². The molecule has 4 aromatic rings. The zero-order chi connectivity index (χ0) is 33.5. The van der Waals surface area contributed by atoms with Crippen molar-refractivity contribution in [1.29, 1.82) is 0 Å². The van der Waals surface area contributed by atoms with Gasteiger partial charge in [-0.05, 0) is 98.4 Å². The lowest BCUT2D eigenvalue weighted by Crippen LogP contribution is -2.34. The molecule has 0 N–H and O–H groups in total. The number of ether oxygens (including phenoxy) is 7. The van der Waals surface area contributed by atoms with E-state index in [1.165, 1.54) is 5.56 Å². The van der Waals surface area contributed by atoms with Gasteiger partial charge in [0.1, 0.15) is 5.75 Å². The highest BCUT2D eigenvalue weighted by Gasteiger charge is 2.36. The fourth-order valence-corrected chi connectivity index (χ4v) is 7.56. The lowest BCUT2D eigenvalue weighted by atomic mass is 9.86. The first kappa shape index (κ1) is 32.0. The van der Waals surface area contributed by atoms with Gasteiger partial charge in [0.05, 0.1) is 35.5 Å². The van der Waals surface area contributed by atoms with Crippen LogP contribution in [0.4, 0.5) is 0 Å². The zero-order valence-electron chi connectivity index (χ0n) is 28.8. The van der Waals surface area contributed by atoms with Crippen LogP contribution in [-0.4, -0.2) is 72.5 Å². The number of rotatable bonds is 5. The summed E-state index contributed by atoms with van der Waals surface area (Å²) in [5.74, 6) is 5.77. The Labute approximate surface area is 282 Å². The minimum absolute atomic E-state index is 0.0331. The summed E-state index contributed by atoms with van der Waals surface area (Å²) in [5, 5.41) is 0. The topological polar surface area (TPSA) is 71.1 Å². The van der Waals surface area contributed by atoms with Crippen molar-refractivity contribution < 1.29 is 33.2 Å². The maximum Gasteiger partial charge on any atom is 0.204 e. The highest BCUT2D eigenvalue weighted by atomic mass is 16.6. The van der Waals surface area contributed by atoms with Crippen LogP contribution in [0.2, 0.25) is 0 Å². The van der Waals surface area contributed by atoms with Crippen molar-refractivity contribution in [3.8, 4) is 51.7 Å². The second-order valence-corrected chi connectivity index (χ2v) is 12.8. The summed E-state index contributed by atoms with van der Waals surface area (Å²) in [7, 11) is 12.7. The Morgan fingerprint density at radius 2 is 1.23 bits per heavy atom. The number of hydrogen-bond donors (Lipinski definition) is 0. The molecule has 0 aromatic heterocycles. The maximum atomic E-state index is 7.22. The molecule has 4 aliphatic rings. The van der Waals surface area contributed by atoms with Gasteiger partial charge in [-0.15, -0.1) is 0 Å².